The van der Waals surface area contributed by atoms with Gasteiger partial charge in [0.15, 0.2) is 5.82 Å². The van der Waals surface area contributed by atoms with Crippen molar-refractivity contribution < 1.29 is 9.53 Å². The van der Waals surface area contributed by atoms with E-state index in [9.17, 15) is 4.79 Å². The number of primary amides is 1. The number of rotatable bonds is 6. The van der Waals surface area contributed by atoms with E-state index >= 15 is 0 Å². The number of amides is 1. The monoisotopic (exact) mass is 447 g/mol. The summed E-state index contributed by atoms with van der Waals surface area (Å²) in [4.78, 5) is 28.3. The van der Waals surface area contributed by atoms with Crippen molar-refractivity contribution in [2.75, 3.05) is 44.7 Å². The minimum absolute atomic E-state index is 0.249. The van der Waals surface area contributed by atoms with Gasteiger partial charge in [0, 0.05) is 37.8 Å². The average molecular weight is 448 g/mol. The van der Waals surface area contributed by atoms with Gasteiger partial charge in [-0.1, -0.05) is 24.3 Å². The number of nitrogens with two attached hydrogens (primary N) is 1. The van der Waals surface area contributed by atoms with Crippen molar-refractivity contribution >= 4 is 22.8 Å². The molecule has 0 saturated carbocycles. The molecule has 2 aliphatic rings. The summed E-state index contributed by atoms with van der Waals surface area (Å²) in [5, 5.41) is 6.87. The van der Waals surface area contributed by atoms with Crippen molar-refractivity contribution in [2.45, 2.75) is 25.4 Å². The highest BCUT2D eigenvalue weighted by atomic mass is 16.5. The van der Waals surface area contributed by atoms with Gasteiger partial charge in [-0.15, -0.1) is 0 Å². The molecular formula is C24H29N7O2. The number of nitrogens with one attached hydrogen (secondary N) is 2. The van der Waals surface area contributed by atoms with E-state index in [2.05, 4.69) is 37.6 Å². The first-order valence-electron chi connectivity index (χ1n) is 11.5. The maximum Gasteiger partial charge on any atom is 0.251 e. The first-order chi connectivity index (χ1) is 16.2. The molecule has 4 heterocycles. The molecule has 0 unspecified atom stereocenters. The number of benzene rings is 1. The van der Waals surface area contributed by atoms with E-state index < -0.39 is 5.91 Å². The minimum atomic E-state index is -0.531. The molecule has 2 fully saturated rings. The number of fused-ring (bicyclic) bond motifs is 1. The molecule has 33 heavy (non-hydrogen) atoms. The summed E-state index contributed by atoms with van der Waals surface area (Å²) in [7, 11) is 0. The second-order valence-electron chi connectivity index (χ2n) is 8.61. The van der Waals surface area contributed by atoms with Crippen LogP contribution in [0.4, 0.5) is 5.82 Å². The van der Waals surface area contributed by atoms with Gasteiger partial charge >= 0.3 is 0 Å². The highest BCUT2D eigenvalue weighted by Gasteiger charge is 2.19. The van der Waals surface area contributed by atoms with Crippen molar-refractivity contribution in [3.63, 3.8) is 0 Å². The third kappa shape index (κ3) is 4.95. The van der Waals surface area contributed by atoms with E-state index in [-0.39, 0.29) is 6.04 Å². The Balaban J connectivity index is 1.47. The Morgan fingerprint density at radius 1 is 1.18 bits per heavy atom. The third-order valence-electron chi connectivity index (χ3n) is 6.25. The quantitative estimate of drug-likeness (QED) is 0.523. The van der Waals surface area contributed by atoms with Crippen LogP contribution in [-0.2, 0) is 11.3 Å². The number of hydrogen-bond donors (Lipinski definition) is 3. The molecule has 4 N–H and O–H groups in total. The number of carbonyl (C=O) groups is 1. The Kier molecular flexibility index (Phi) is 6.43. The molecular weight excluding hydrogens is 418 g/mol. The standard InChI is InChI=1S/C24H29N7O2/c25-23(32)19-12-20(17-5-3-16(4-6-17)14-31-8-10-33-11-9-31)30-22-21(19)27-15-28-24(22)29-18-2-1-7-26-13-18/h3-6,12,15,18,26H,1-2,7-11,13-14H2,(H2,25,32)(H,27,28,29)/t18-/m0/s1. The van der Waals surface area contributed by atoms with Crippen LogP contribution in [0.15, 0.2) is 36.7 Å². The van der Waals surface area contributed by atoms with Crippen LogP contribution in [0.2, 0.25) is 0 Å². The summed E-state index contributed by atoms with van der Waals surface area (Å²) in [6, 6.07) is 10.3. The molecule has 0 aliphatic carbocycles. The van der Waals surface area contributed by atoms with Gasteiger partial charge in [-0.2, -0.15) is 0 Å². The van der Waals surface area contributed by atoms with Crippen molar-refractivity contribution in [3.05, 3.63) is 47.8 Å². The molecule has 3 aromatic rings. The summed E-state index contributed by atoms with van der Waals surface area (Å²) in [5.41, 5.74) is 9.91. The van der Waals surface area contributed by atoms with Gasteiger partial charge in [0.1, 0.15) is 17.4 Å². The van der Waals surface area contributed by atoms with Crippen molar-refractivity contribution in [2.24, 2.45) is 5.73 Å². The van der Waals surface area contributed by atoms with Crippen molar-refractivity contribution in [1.82, 2.24) is 25.2 Å². The molecule has 2 aliphatic heterocycles. The second-order valence-corrected chi connectivity index (χ2v) is 8.61. The van der Waals surface area contributed by atoms with E-state index in [1.165, 1.54) is 11.9 Å². The largest absolute Gasteiger partial charge is 0.379 e. The minimum Gasteiger partial charge on any atom is -0.379 e. The number of morpholine rings is 1. The van der Waals surface area contributed by atoms with E-state index in [1.54, 1.807) is 6.07 Å². The van der Waals surface area contributed by atoms with Gasteiger partial charge in [0.25, 0.3) is 5.91 Å². The maximum atomic E-state index is 12.3. The molecule has 0 radical (unpaired) electrons. The van der Waals surface area contributed by atoms with Crippen LogP contribution in [0.3, 0.4) is 0 Å². The molecule has 0 bridgehead atoms. The predicted molar refractivity (Wildman–Crippen MR) is 127 cm³/mol. The van der Waals surface area contributed by atoms with Gasteiger partial charge in [0.05, 0.1) is 24.5 Å². The molecule has 2 saturated heterocycles. The van der Waals surface area contributed by atoms with Crippen LogP contribution in [0.5, 0.6) is 0 Å². The van der Waals surface area contributed by atoms with Crippen LogP contribution in [-0.4, -0.2) is 71.2 Å². The normalized spacial score (nSPS) is 19.5. The number of pyridine rings is 1. The molecule has 172 valence electrons. The van der Waals surface area contributed by atoms with Crippen LogP contribution < -0.4 is 16.4 Å². The molecule has 1 atom stereocenters. The SMILES string of the molecule is NC(=O)c1cc(-c2ccc(CN3CCOCC3)cc2)nc2c(N[C@H]3CCCNC3)ncnc12. The van der Waals surface area contributed by atoms with E-state index in [0.717, 1.165) is 64.3 Å². The van der Waals surface area contributed by atoms with Crippen LogP contribution in [0.1, 0.15) is 28.8 Å². The van der Waals surface area contributed by atoms with Crippen molar-refractivity contribution in [1.29, 1.82) is 0 Å². The fraction of sp³-hybridized carbons (Fsp3) is 0.417. The molecule has 1 aromatic carbocycles. The van der Waals surface area contributed by atoms with Gasteiger partial charge in [-0.25, -0.2) is 15.0 Å². The van der Waals surface area contributed by atoms with Crippen LogP contribution >= 0.6 is 0 Å². The zero-order valence-corrected chi connectivity index (χ0v) is 18.6. The number of hydrogen-bond acceptors (Lipinski definition) is 8. The lowest BCUT2D eigenvalue weighted by molar-refractivity contribution is 0.0342. The first kappa shape index (κ1) is 21.7. The van der Waals surface area contributed by atoms with Crippen LogP contribution in [0.25, 0.3) is 22.3 Å². The summed E-state index contributed by atoms with van der Waals surface area (Å²) in [5.74, 6) is 0.0959. The third-order valence-corrected chi connectivity index (χ3v) is 6.25. The summed E-state index contributed by atoms with van der Waals surface area (Å²) in [6.07, 6.45) is 3.60. The van der Waals surface area contributed by atoms with Gasteiger partial charge in [-0.3, -0.25) is 9.69 Å². The molecule has 1 amide bonds. The van der Waals surface area contributed by atoms with Crippen molar-refractivity contribution in [3.8, 4) is 11.3 Å². The zero-order valence-electron chi connectivity index (χ0n) is 18.6. The number of aromatic nitrogens is 3. The molecule has 5 rings (SSSR count). The highest BCUT2D eigenvalue weighted by Crippen LogP contribution is 2.28. The average Bonchev–Trinajstić information content (AvgIpc) is 2.85. The first-order valence-corrected chi connectivity index (χ1v) is 11.5. The summed E-state index contributed by atoms with van der Waals surface area (Å²) >= 11 is 0. The fourth-order valence-corrected chi connectivity index (χ4v) is 4.45. The predicted octanol–water partition coefficient (Wildman–Crippen LogP) is 1.79. The Morgan fingerprint density at radius 2 is 2.00 bits per heavy atom. The number of carbonyl (C=O) groups excluding carboxylic acids is 1. The lowest BCUT2D eigenvalue weighted by Gasteiger charge is -2.26. The van der Waals surface area contributed by atoms with E-state index in [0.29, 0.717) is 28.1 Å². The number of nitrogens with zero attached hydrogens (tertiary/aromatic N) is 4. The molecule has 2 aromatic heterocycles. The smallest absolute Gasteiger partial charge is 0.251 e. The van der Waals surface area contributed by atoms with Gasteiger partial charge in [-0.05, 0) is 31.0 Å². The number of ether oxygens (including phenoxy) is 1. The van der Waals surface area contributed by atoms with E-state index in [4.69, 9.17) is 15.5 Å². The molecule has 9 heteroatoms. The Morgan fingerprint density at radius 3 is 2.73 bits per heavy atom. The topological polar surface area (TPSA) is 118 Å². The van der Waals surface area contributed by atoms with Crippen LogP contribution in [0, 0.1) is 0 Å². The summed E-state index contributed by atoms with van der Waals surface area (Å²) < 4.78 is 5.43. The Hall–Kier alpha value is -3.14. The Labute approximate surface area is 192 Å². The molecule has 0 spiro atoms. The second kappa shape index (κ2) is 9.78. The highest BCUT2D eigenvalue weighted by molar-refractivity contribution is 6.06. The van der Waals surface area contributed by atoms with Gasteiger partial charge in [0.2, 0.25) is 0 Å². The maximum absolute atomic E-state index is 12.3. The fourth-order valence-electron chi connectivity index (χ4n) is 4.45. The Bertz CT molecular complexity index is 1120. The summed E-state index contributed by atoms with van der Waals surface area (Å²) in [6.45, 7) is 6.23. The van der Waals surface area contributed by atoms with E-state index in [1.807, 2.05) is 12.1 Å². The number of anilines is 1. The number of piperidine rings is 1. The molecule has 9 nitrogen and oxygen atoms in total. The zero-order chi connectivity index (χ0) is 22.6. The van der Waals surface area contributed by atoms with Gasteiger partial charge < -0.3 is 21.1 Å². The lowest BCUT2D eigenvalue weighted by atomic mass is 10.0. The lowest BCUT2D eigenvalue weighted by Crippen LogP contribution is -2.38.